The number of hydrogen-bond donors (Lipinski definition) is 1. The van der Waals surface area contributed by atoms with Gasteiger partial charge in [0.2, 0.25) is 0 Å². The topological polar surface area (TPSA) is 51.2 Å². The summed E-state index contributed by atoms with van der Waals surface area (Å²) in [5, 5.41) is 2.99. The van der Waals surface area contributed by atoms with Crippen LogP contribution in [0.5, 0.6) is 0 Å². The van der Waals surface area contributed by atoms with Crippen LogP contribution in [0.2, 0.25) is 0 Å². The van der Waals surface area contributed by atoms with Crippen LogP contribution in [0.25, 0.3) is 0 Å². The lowest BCUT2D eigenvalue weighted by Crippen LogP contribution is -2.25. The lowest BCUT2D eigenvalue weighted by molar-refractivity contribution is -0.139. The van der Waals surface area contributed by atoms with E-state index in [4.69, 9.17) is 0 Å². The fourth-order valence-corrected chi connectivity index (χ4v) is 1.04. The molecule has 0 amide bonds. The number of carbonyl (C=O) groups is 1. The molecule has 0 bridgehead atoms. The molecule has 0 aliphatic rings. The Labute approximate surface area is 83.3 Å². The van der Waals surface area contributed by atoms with Gasteiger partial charge in [-0.15, -0.1) is 0 Å². The van der Waals surface area contributed by atoms with E-state index >= 15 is 0 Å². The van der Waals surface area contributed by atoms with Crippen molar-refractivity contribution < 1.29 is 9.53 Å². The number of esters is 1. The molecule has 0 atom stereocenters. The van der Waals surface area contributed by atoms with Gasteiger partial charge in [-0.1, -0.05) is 0 Å². The summed E-state index contributed by atoms with van der Waals surface area (Å²) >= 11 is 0. The van der Waals surface area contributed by atoms with Crippen LogP contribution in [0.3, 0.4) is 0 Å². The molecule has 4 nitrogen and oxygen atoms in total. The number of hydrogen-bond acceptors (Lipinski definition) is 4. The van der Waals surface area contributed by atoms with E-state index in [0.717, 1.165) is 13.0 Å². The predicted molar refractivity (Wildman–Crippen MR) is 52.8 cm³/mol. The highest BCUT2D eigenvalue weighted by atomic mass is 16.5. The van der Waals surface area contributed by atoms with Gasteiger partial charge in [-0.25, -0.2) is 0 Å². The van der Waals surface area contributed by atoms with E-state index in [2.05, 4.69) is 15.0 Å². The van der Waals surface area contributed by atoms with Gasteiger partial charge in [0.25, 0.3) is 0 Å². The number of ether oxygens (including phenoxy) is 1. The number of carbonyl (C=O) groups excluding carboxylic acids is 1. The SMILES string of the molecule is COC(=O)CNCCc1ccncc1. The Morgan fingerprint density at radius 1 is 1.50 bits per heavy atom. The molecule has 0 saturated heterocycles. The Morgan fingerprint density at radius 3 is 2.86 bits per heavy atom. The van der Waals surface area contributed by atoms with Crippen LogP contribution in [-0.4, -0.2) is 31.2 Å². The van der Waals surface area contributed by atoms with Crippen LogP contribution in [0, 0.1) is 0 Å². The standard InChI is InChI=1S/C10H14N2O2/c1-14-10(13)8-12-7-4-9-2-5-11-6-3-9/h2-3,5-6,12H,4,7-8H2,1H3. The fraction of sp³-hybridized carbons (Fsp3) is 0.400. The first-order valence-corrected chi connectivity index (χ1v) is 4.49. The molecule has 0 aromatic carbocycles. The van der Waals surface area contributed by atoms with E-state index in [9.17, 15) is 4.79 Å². The summed E-state index contributed by atoms with van der Waals surface area (Å²) in [5.74, 6) is -0.236. The molecular weight excluding hydrogens is 180 g/mol. The van der Waals surface area contributed by atoms with E-state index in [0.29, 0.717) is 0 Å². The number of pyridine rings is 1. The minimum absolute atomic E-state index is 0.236. The van der Waals surface area contributed by atoms with Gasteiger partial charge in [0.05, 0.1) is 13.7 Å². The Bertz CT molecular complexity index is 275. The van der Waals surface area contributed by atoms with Crippen molar-refractivity contribution >= 4 is 5.97 Å². The summed E-state index contributed by atoms with van der Waals surface area (Å²) in [7, 11) is 1.38. The van der Waals surface area contributed by atoms with Crippen molar-refractivity contribution in [2.75, 3.05) is 20.2 Å². The Hall–Kier alpha value is -1.42. The summed E-state index contributed by atoms with van der Waals surface area (Å²) in [5.41, 5.74) is 1.21. The smallest absolute Gasteiger partial charge is 0.319 e. The van der Waals surface area contributed by atoms with Gasteiger partial charge in [-0.3, -0.25) is 9.78 Å². The summed E-state index contributed by atoms with van der Waals surface area (Å²) < 4.78 is 4.49. The van der Waals surface area contributed by atoms with Crippen molar-refractivity contribution in [1.29, 1.82) is 0 Å². The zero-order valence-corrected chi connectivity index (χ0v) is 8.19. The zero-order valence-electron chi connectivity index (χ0n) is 8.19. The van der Waals surface area contributed by atoms with Gasteiger partial charge in [0, 0.05) is 12.4 Å². The van der Waals surface area contributed by atoms with E-state index < -0.39 is 0 Å². The van der Waals surface area contributed by atoms with Gasteiger partial charge in [-0.2, -0.15) is 0 Å². The van der Waals surface area contributed by atoms with Gasteiger partial charge < -0.3 is 10.1 Å². The molecule has 0 fully saturated rings. The van der Waals surface area contributed by atoms with Crippen LogP contribution in [0.4, 0.5) is 0 Å². The molecule has 1 rings (SSSR count). The van der Waals surface area contributed by atoms with Crippen LogP contribution in [0.1, 0.15) is 5.56 Å². The summed E-state index contributed by atoms with van der Waals surface area (Å²) in [4.78, 5) is 14.6. The van der Waals surface area contributed by atoms with Crippen molar-refractivity contribution in [3.63, 3.8) is 0 Å². The van der Waals surface area contributed by atoms with E-state index in [-0.39, 0.29) is 12.5 Å². The summed E-state index contributed by atoms with van der Waals surface area (Å²) in [6, 6.07) is 3.92. The van der Waals surface area contributed by atoms with Crippen LogP contribution >= 0.6 is 0 Å². The first kappa shape index (κ1) is 10.7. The molecule has 0 spiro atoms. The molecule has 0 saturated carbocycles. The fourth-order valence-electron chi connectivity index (χ4n) is 1.04. The maximum absolute atomic E-state index is 10.7. The Balaban J connectivity index is 2.13. The first-order chi connectivity index (χ1) is 6.83. The van der Waals surface area contributed by atoms with Gasteiger partial charge >= 0.3 is 5.97 Å². The maximum atomic E-state index is 10.7. The molecule has 76 valence electrons. The average Bonchev–Trinajstić information content (AvgIpc) is 2.25. The van der Waals surface area contributed by atoms with Crippen molar-refractivity contribution in [2.24, 2.45) is 0 Å². The van der Waals surface area contributed by atoms with Crippen molar-refractivity contribution in [2.45, 2.75) is 6.42 Å². The summed E-state index contributed by atoms with van der Waals surface area (Å²) in [6.45, 7) is 1.03. The molecule has 1 aromatic rings. The lowest BCUT2D eigenvalue weighted by atomic mass is 10.2. The molecule has 1 aromatic heterocycles. The number of nitrogens with one attached hydrogen (secondary N) is 1. The predicted octanol–water partition coefficient (Wildman–Crippen LogP) is 0.387. The molecule has 1 heterocycles. The lowest BCUT2D eigenvalue weighted by Gasteiger charge is -2.02. The molecule has 0 aliphatic heterocycles. The van der Waals surface area contributed by atoms with Crippen LogP contribution in [0.15, 0.2) is 24.5 Å². The van der Waals surface area contributed by atoms with Crippen molar-refractivity contribution in [3.05, 3.63) is 30.1 Å². The third kappa shape index (κ3) is 4.00. The van der Waals surface area contributed by atoms with Crippen LogP contribution < -0.4 is 5.32 Å². The largest absolute Gasteiger partial charge is 0.468 e. The van der Waals surface area contributed by atoms with E-state index in [1.54, 1.807) is 12.4 Å². The number of aromatic nitrogens is 1. The van der Waals surface area contributed by atoms with Crippen molar-refractivity contribution in [1.82, 2.24) is 10.3 Å². The van der Waals surface area contributed by atoms with E-state index in [1.165, 1.54) is 12.7 Å². The van der Waals surface area contributed by atoms with E-state index in [1.807, 2.05) is 12.1 Å². The molecule has 0 unspecified atom stereocenters. The normalized spacial score (nSPS) is 9.79. The van der Waals surface area contributed by atoms with Gasteiger partial charge in [0.1, 0.15) is 0 Å². The highest BCUT2D eigenvalue weighted by molar-refractivity contribution is 5.71. The third-order valence-corrected chi connectivity index (χ3v) is 1.84. The highest BCUT2D eigenvalue weighted by Crippen LogP contribution is 1.95. The third-order valence-electron chi connectivity index (χ3n) is 1.84. The van der Waals surface area contributed by atoms with Gasteiger partial charge in [0.15, 0.2) is 0 Å². The quantitative estimate of drug-likeness (QED) is 0.544. The summed E-state index contributed by atoms with van der Waals surface area (Å²) in [6.07, 6.45) is 4.41. The van der Waals surface area contributed by atoms with Gasteiger partial charge in [-0.05, 0) is 30.7 Å². The molecule has 4 heteroatoms. The second kappa shape index (κ2) is 6.10. The number of rotatable bonds is 5. The van der Waals surface area contributed by atoms with Crippen molar-refractivity contribution in [3.8, 4) is 0 Å². The Kier molecular flexibility index (Phi) is 4.64. The monoisotopic (exact) mass is 194 g/mol. The first-order valence-electron chi connectivity index (χ1n) is 4.49. The minimum Gasteiger partial charge on any atom is -0.468 e. The minimum atomic E-state index is -0.236. The van der Waals surface area contributed by atoms with Crippen LogP contribution in [-0.2, 0) is 16.0 Å². The number of nitrogens with zero attached hydrogens (tertiary/aromatic N) is 1. The highest BCUT2D eigenvalue weighted by Gasteiger charge is 1.97. The Morgan fingerprint density at radius 2 is 2.21 bits per heavy atom. The molecule has 0 radical (unpaired) electrons. The second-order valence-corrected chi connectivity index (χ2v) is 2.86. The average molecular weight is 194 g/mol. The molecule has 14 heavy (non-hydrogen) atoms. The number of methoxy groups -OCH3 is 1. The zero-order chi connectivity index (χ0) is 10.2. The molecule has 0 aliphatic carbocycles. The maximum Gasteiger partial charge on any atom is 0.319 e. The molecule has 1 N–H and O–H groups in total. The second-order valence-electron chi connectivity index (χ2n) is 2.86. The molecular formula is C10H14N2O2.